The molecule has 9 heteroatoms. The van der Waals surface area contributed by atoms with Crippen molar-refractivity contribution >= 4 is 6.03 Å². The van der Waals surface area contributed by atoms with Crippen LogP contribution in [0.15, 0.2) is 37.9 Å². The minimum atomic E-state index is -0.194. The lowest BCUT2D eigenvalue weighted by Gasteiger charge is -2.22. The second-order valence-electron chi connectivity index (χ2n) is 5.87. The predicted octanol–water partition coefficient (Wildman–Crippen LogP) is 2.67. The largest absolute Gasteiger partial charge is 0.459 e. The highest BCUT2D eigenvalue weighted by atomic mass is 16.5. The molecular weight excluding hydrogens is 326 g/mol. The van der Waals surface area contributed by atoms with Crippen molar-refractivity contribution in [1.82, 2.24) is 25.5 Å². The highest BCUT2D eigenvalue weighted by molar-refractivity contribution is 5.74. The molecule has 0 bridgehead atoms. The Morgan fingerprint density at radius 2 is 2.32 bits per heavy atom. The third-order valence-electron chi connectivity index (χ3n) is 4.09. The van der Waals surface area contributed by atoms with Gasteiger partial charge in [0.15, 0.2) is 17.3 Å². The van der Waals surface area contributed by atoms with Gasteiger partial charge in [0.2, 0.25) is 0 Å². The van der Waals surface area contributed by atoms with Crippen LogP contribution in [0.25, 0.3) is 11.7 Å². The zero-order valence-corrected chi connectivity index (χ0v) is 13.6. The van der Waals surface area contributed by atoms with Crippen LogP contribution in [-0.2, 0) is 6.54 Å². The van der Waals surface area contributed by atoms with Gasteiger partial charge in [-0.25, -0.2) is 4.79 Å². The molecule has 4 heterocycles. The normalized spacial score (nSPS) is 17.2. The molecule has 1 aliphatic rings. The van der Waals surface area contributed by atoms with E-state index in [0.29, 0.717) is 23.9 Å². The van der Waals surface area contributed by atoms with Gasteiger partial charge in [-0.2, -0.15) is 4.98 Å². The van der Waals surface area contributed by atoms with Gasteiger partial charge in [0.25, 0.3) is 5.89 Å². The van der Waals surface area contributed by atoms with E-state index in [1.165, 1.54) is 6.26 Å². The molecular formula is C16H17N5O4. The van der Waals surface area contributed by atoms with Crippen LogP contribution in [0.1, 0.15) is 36.2 Å². The summed E-state index contributed by atoms with van der Waals surface area (Å²) in [7, 11) is 0. The van der Waals surface area contributed by atoms with Crippen LogP contribution in [0, 0.1) is 6.92 Å². The number of rotatable bonds is 4. The SMILES string of the molecule is Cc1cc(C2CCCN2C(=O)NCc2noc(-c3ccco3)n2)on1. The lowest BCUT2D eigenvalue weighted by Crippen LogP contribution is -2.39. The Labute approximate surface area is 143 Å². The van der Waals surface area contributed by atoms with E-state index in [4.69, 9.17) is 13.5 Å². The molecule has 1 atom stereocenters. The van der Waals surface area contributed by atoms with Crippen LogP contribution in [-0.4, -0.2) is 32.8 Å². The van der Waals surface area contributed by atoms with E-state index in [-0.39, 0.29) is 24.5 Å². The number of carbonyl (C=O) groups is 1. The van der Waals surface area contributed by atoms with Gasteiger partial charge in [-0.05, 0) is 31.9 Å². The van der Waals surface area contributed by atoms with Gasteiger partial charge >= 0.3 is 6.03 Å². The molecule has 1 saturated heterocycles. The second-order valence-corrected chi connectivity index (χ2v) is 5.87. The quantitative estimate of drug-likeness (QED) is 0.775. The number of nitrogens with zero attached hydrogens (tertiary/aromatic N) is 4. The highest BCUT2D eigenvalue weighted by Gasteiger charge is 2.32. The minimum Gasteiger partial charge on any atom is -0.459 e. The standard InChI is InChI=1S/C16H17N5O4/c1-10-8-13(24-19-10)11-4-2-6-21(11)16(22)17-9-14-18-15(25-20-14)12-5-3-7-23-12/h3,5,7-8,11H,2,4,6,9H2,1H3,(H,17,22). The molecule has 0 aliphatic carbocycles. The van der Waals surface area contributed by atoms with E-state index in [1.807, 2.05) is 13.0 Å². The number of nitrogens with one attached hydrogen (secondary N) is 1. The fourth-order valence-electron chi connectivity index (χ4n) is 2.93. The van der Waals surface area contributed by atoms with Crippen molar-refractivity contribution in [2.75, 3.05) is 6.54 Å². The highest BCUT2D eigenvalue weighted by Crippen LogP contribution is 2.32. The molecule has 1 unspecified atom stereocenters. The van der Waals surface area contributed by atoms with Crippen molar-refractivity contribution in [2.45, 2.75) is 32.4 Å². The van der Waals surface area contributed by atoms with Gasteiger partial charge < -0.3 is 23.7 Å². The molecule has 4 rings (SSSR count). The lowest BCUT2D eigenvalue weighted by molar-refractivity contribution is 0.181. The average molecular weight is 343 g/mol. The zero-order chi connectivity index (χ0) is 17.2. The summed E-state index contributed by atoms with van der Waals surface area (Å²) in [5.74, 6) is 1.87. The molecule has 2 amide bonds. The molecule has 0 radical (unpaired) electrons. The fraction of sp³-hybridized carbons (Fsp3) is 0.375. The van der Waals surface area contributed by atoms with Crippen molar-refractivity contribution in [3.05, 3.63) is 41.7 Å². The van der Waals surface area contributed by atoms with E-state index in [9.17, 15) is 4.79 Å². The Bertz CT molecular complexity index is 854. The van der Waals surface area contributed by atoms with Crippen molar-refractivity contribution in [2.24, 2.45) is 0 Å². The Kier molecular flexibility index (Phi) is 3.96. The lowest BCUT2D eigenvalue weighted by atomic mass is 10.1. The van der Waals surface area contributed by atoms with Crippen molar-refractivity contribution in [3.63, 3.8) is 0 Å². The van der Waals surface area contributed by atoms with Crippen LogP contribution in [0.3, 0.4) is 0 Å². The summed E-state index contributed by atoms with van der Waals surface area (Å²) in [4.78, 5) is 18.4. The number of aryl methyl sites for hydroxylation is 1. The molecule has 9 nitrogen and oxygen atoms in total. The Morgan fingerprint density at radius 1 is 1.40 bits per heavy atom. The molecule has 1 aliphatic heterocycles. The summed E-state index contributed by atoms with van der Waals surface area (Å²) in [6.45, 7) is 2.70. The van der Waals surface area contributed by atoms with Gasteiger partial charge in [-0.15, -0.1) is 0 Å². The zero-order valence-electron chi connectivity index (χ0n) is 13.6. The summed E-state index contributed by atoms with van der Waals surface area (Å²) in [6, 6.07) is 5.04. The molecule has 0 aromatic carbocycles. The molecule has 130 valence electrons. The van der Waals surface area contributed by atoms with Crippen LogP contribution in [0.4, 0.5) is 4.79 Å². The number of likely N-dealkylation sites (tertiary alicyclic amines) is 1. The molecule has 0 saturated carbocycles. The number of carbonyl (C=O) groups excluding carboxylic acids is 1. The second kappa shape index (κ2) is 6.42. The number of aromatic nitrogens is 3. The van der Waals surface area contributed by atoms with Gasteiger partial charge in [0, 0.05) is 12.6 Å². The number of urea groups is 1. The minimum absolute atomic E-state index is 0.0925. The number of hydrogen-bond donors (Lipinski definition) is 1. The Hall–Kier alpha value is -3.10. The van der Waals surface area contributed by atoms with E-state index < -0.39 is 0 Å². The van der Waals surface area contributed by atoms with Crippen LogP contribution in [0.2, 0.25) is 0 Å². The van der Waals surface area contributed by atoms with Crippen molar-refractivity contribution in [3.8, 4) is 11.7 Å². The van der Waals surface area contributed by atoms with Gasteiger partial charge in [0.05, 0.1) is 24.5 Å². The Balaban J connectivity index is 1.38. The summed E-state index contributed by atoms with van der Waals surface area (Å²) < 4.78 is 15.6. The van der Waals surface area contributed by atoms with Crippen molar-refractivity contribution in [1.29, 1.82) is 0 Å². The van der Waals surface area contributed by atoms with E-state index in [1.54, 1.807) is 17.0 Å². The number of amides is 2. The monoisotopic (exact) mass is 343 g/mol. The first-order chi connectivity index (χ1) is 12.2. The summed E-state index contributed by atoms with van der Waals surface area (Å²) in [5, 5.41) is 10.6. The third-order valence-corrected chi connectivity index (χ3v) is 4.09. The maximum Gasteiger partial charge on any atom is 0.318 e. The summed E-state index contributed by atoms with van der Waals surface area (Å²) in [6.07, 6.45) is 3.30. The Morgan fingerprint density at radius 3 is 3.08 bits per heavy atom. The first-order valence-corrected chi connectivity index (χ1v) is 8.05. The van der Waals surface area contributed by atoms with Gasteiger partial charge in [-0.3, -0.25) is 0 Å². The first kappa shape index (κ1) is 15.4. The average Bonchev–Trinajstić information content (AvgIpc) is 3.38. The fourth-order valence-corrected chi connectivity index (χ4v) is 2.93. The molecule has 1 N–H and O–H groups in total. The number of hydrogen-bond acceptors (Lipinski definition) is 7. The van der Waals surface area contributed by atoms with E-state index in [0.717, 1.165) is 18.5 Å². The van der Waals surface area contributed by atoms with Crippen LogP contribution in [0.5, 0.6) is 0 Å². The smallest absolute Gasteiger partial charge is 0.318 e. The molecule has 0 spiro atoms. The molecule has 1 fully saturated rings. The summed E-state index contributed by atoms with van der Waals surface area (Å²) in [5.41, 5.74) is 0.805. The van der Waals surface area contributed by atoms with Gasteiger partial charge in [0.1, 0.15) is 0 Å². The molecule has 3 aromatic heterocycles. The number of furan rings is 1. The summed E-state index contributed by atoms with van der Waals surface area (Å²) >= 11 is 0. The maximum absolute atomic E-state index is 12.5. The topological polar surface area (TPSA) is 110 Å². The molecule has 3 aromatic rings. The molecule has 25 heavy (non-hydrogen) atoms. The maximum atomic E-state index is 12.5. The third kappa shape index (κ3) is 3.12. The van der Waals surface area contributed by atoms with Crippen molar-refractivity contribution < 1.29 is 18.3 Å². The first-order valence-electron chi connectivity index (χ1n) is 8.05. The van der Waals surface area contributed by atoms with Crippen LogP contribution >= 0.6 is 0 Å². The van der Waals surface area contributed by atoms with E-state index in [2.05, 4.69) is 20.6 Å². The van der Waals surface area contributed by atoms with Gasteiger partial charge in [-0.1, -0.05) is 10.3 Å². The van der Waals surface area contributed by atoms with E-state index >= 15 is 0 Å². The predicted molar refractivity (Wildman–Crippen MR) is 84.2 cm³/mol. The van der Waals surface area contributed by atoms with Crippen LogP contribution < -0.4 is 5.32 Å².